The predicted octanol–water partition coefficient (Wildman–Crippen LogP) is -1.49. The van der Waals surface area contributed by atoms with Gasteiger partial charge in [-0.1, -0.05) is 0 Å². The van der Waals surface area contributed by atoms with Crippen molar-refractivity contribution >= 4 is 23.6 Å². The van der Waals surface area contributed by atoms with Crippen LogP contribution < -0.4 is 10.6 Å². The largest absolute Gasteiger partial charge is 0.363 e. The van der Waals surface area contributed by atoms with Gasteiger partial charge in [0.2, 0.25) is 11.8 Å². The molecule has 2 fully saturated rings. The van der Waals surface area contributed by atoms with Crippen LogP contribution in [0.25, 0.3) is 0 Å². The van der Waals surface area contributed by atoms with Crippen molar-refractivity contribution in [1.29, 1.82) is 0 Å². The molecule has 2 aliphatic heterocycles. The number of amides is 4. The van der Waals surface area contributed by atoms with Gasteiger partial charge in [0.25, 0.3) is 11.8 Å². The number of likely N-dealkylation sites (N-methyl/N-ethyl adjacent to an activating group) is 2. The lowest BCUT2D eigenvalue weighted by molar-refractivity contribution is -0.140. The monoisotopic (exact) mass is 442 g/mol. The first-order valence-electron chi connectivity index (χ1n) is 10.5. The van der Waals surface area contributed by atoms with E-state index in [1.54, 1.807) is 28.2 Å². The third-order valence-electron chi connectivity index (χ3n) is 5.17. The van der Waals surface area contributed by atoms with Crippen LogP contribution >= 0.6 is 0 Å². The molecule has 2 rings (SSSR count). The van der Waals surface area contributed by atoms with Crippen LogP contribution in [0.2, 0.25) is 0 Å². The summed E-state index contributed by atoms with van der Waals surface area (Å²) >= 11 is 0. The Kier molecular flexibility index (Phi) is 9.66. The molecular weight excluding hydrogens is 408 g/mol. The molecule has 176 valence electrons. The average Bonchev–Trinajstić information content (AvgIpc) is 3.39. The zero-order chi connectivity index (χ0) is 23.0. The fraction of sp³-hybridized carbons (Fsp3) is 0.800. The smallest absolute Gasteiger partial charge is 0.251 e. The van der Waals surface area contributed by atoms with E-state index in [0.29, 0.717) is 25.7 Å². The van der Waals surface area contributed by atoms with Gasteiger partial charge < -0.3 is 34.6 Å². The second kappa shape index (κ2) is 12.0. The summed E-state index contributed by atoms with van der Waals surface area (Å²) in [7, 11) is 6.71. The van der Waals surface area contributed by atoms with Gasteiger partial charge >= 0.3 is 0 Å². The highest BCUT2D eigenvalue weighted by Gasteiger charge is 2.32. The SMILES string of the molecule is CN(C)C(=O)C1CCC(CNC(=O)COCC(=O)NCC2CCC(C(=O)N(C)C)O2)O1. The molecule has 2 saturated heterocycles. The second-order valence-corrected chi connectivity index (χ2v) is 8.21. The molecule has 0 spiro atoms. The van der Waals surface area contributed by atoms with E-state index in [1.807, 2.05) is 0 Å². The number of hydrogen-bond donors (Lipinski definition) is 2. The number of carbonyl (C=O) groups is 4. The topological polar surface area (TPSA) is 127 Å². The second-order valence-electron chi connectivity index (χ2n) is 8.21. The summed E-state index contributed by atoms with van der Waals surface area (Å²) in [5.41, 5.74) is 0. The van der Waals surface area contributed by atoms with E-state index < -0.39 is 12.2 Å². The predicted molar refractivity (Wildman–Crippen MR) is 110 cm³/mol. The van der Waals surface area contributed by atoms with Crippen molar-refractivity contribution in [2.75, 3.05) is 54.5 Å². The Morgan fingerprint density at radius 2 is 1.13 bits per heavy atom. The molecule has 4 amide bonds. The lowest BCUT2D eigenvalue weighted by Crippen LogP contribution is -2.39. The zero-order valence-corrected chi connectivity index (χ0v) is 18.7. The lowest BCUT2D eigenvalue weighted by Gasteiger charge is -2.17. The maximum Gasteiger partial charge on any atom is 0.251 e. The minimum absolute atomic E-state index is 0.0778. The van der Waals surface area contributed by atoms with E-state index >= 15 is 0 Å². The van der Waals surface area contributed by atoms with E-state index in [4.69, 9.17) is 14.2 Å². The summed E-state index contributed by atoms with van der Waals surface area (Å²) in [5.74, 6) is -0.872. The van der Waals surface area contributed by atoms with Crippen molar-refractivity contribution in [2.24, 2.45) is 0 Å². The molecule has 0 aliphatic carbocycles. The van der Waals surface area contributed by atoms with Crippen molar-refractivity contribution in [3.63, 3.8) is 0 Å². The first kappa shape index (κ1) is 25.0. The third-order valence-corrected chi connectivity index (χ3v) is 5.17. The maximum absolute atomic E-state index is 11.9. The molecule has 4 atom stereocenters. The van der Waals surface area contributed by atoms with Gasteiger partial charge in [0.15, 0.2) is 0 Å². The highest BCUT2D eigenvalue weighted by atomic mass is 16.5. The molecule has 31 heavy (non-hydrogen) atoms. The van der Waals surface area contributed by atoms with Crippen LogP contribution in [0.15, 0.2) is 0 Å². The van der Waals surface area contributed by atoms with Gasteiger partial charge in [0.05, 0.1) is 12.2 Å². The van der Waals surface area contributed by atoms with Crippen molar-refractivity contribution < 1.29 is 33.4 Å². The van der Waals surface area contributed by atoms with Crippen molar-refractivity contribution in [3.8, 4) is 0 Å². The molecule has 2 aliphatic rings. The zero-order valence-electron chi connectivity index (χ0n) is 18.7. The molecule has 0 saturated carbocycles. The van der Waals surface area contributed by atoms with Crippen molar-refractivity contribution in [2.45, 2.75) is 50.1 Å². The van der Waals surface area contributed by atoms with Crippen LogP contribution in [0.4, 0.5) is 0 Å². The Balaban J connectivity index is 1.53. The molecule has 2 N–H and O–H groups in total. The molecule has 0 aromatic rings. The van der Waals surface area contributed by atoms with Crippen LogP contribution in [0.3, 0.4) is 0 Å². The molecule has 11 heteroatoms. The summed E-state index contributed by atoms with van der Waals surface area (Å²) in [6, 6.07) is 0. The number of rotatable bonds is 10. The van der Waals surface area contributed by atoms with Crippen LogP contribution in [-0.4, -0.2) is 112 Å². The summed E-state index contributed by atoms with van der Waals surface area (Å²) in [5, 5.41) is 5.37. The van der Waals surface area contributed by atoms with Crippen LogP contribution in [0, 0.1) is 0 Å². The van der Waals surface area contributed by atoms with Crippen molar-refractivity contribution in [3.05, 3.63) is 0 Å². The minimum Gasteiger partial charge on any atom is -0.363 e. The summed E-state index contributed by atoms with van der Waals surface area (Å²) in [6.45, 7) is 0.0774. The first-order valence-corrected chi connectivity index (χ1v) is 10.5. The molecule has 11 nitrogen and oxygen atoms in total. The summed E-state index contributed by atoms with van der Waals surface area (Å²) in [4.78, 5) is 50.5. The fourth-order valence-electron chi connectivity index (χ4n) is 3.44. The fourth-order valence-corrected chi connectivity index (χ4v) is 3.44. The number of carbonyl (C=O) groups excluding carboxylic acids is 4. The van der Waals surface area contributed by atoms with Gasteiger partial charge in [-0.3, -0.25) is 19.2 Å². The molecule has 0 aromatic carbocycles. The first-order chi connectivity index (χ1) is 14.7. The van der Waals surface area contributed by atoms with Gasteiger partial charge in [-0.25, -0.2) is 0 Å². The Morgan fingerprint density at radius 3 is 1.48 bits per heavy atom. The van der Waals surface area contributed by atoms with E-state index in [-0.39, 0.29) is 62.1 Å². The average molecular weight is 443 g/mol. The number of nitrogens with one attached hydrogen (secondary N) is 2. The van der Waals surface area contributed by atoms with Crippen molar-refractivity contribution in [1.82, 2.24) is 20.4 Å². The normalized spacial score (nSPS) is 25.2. The third kappa shape index (κ3) is 8.08. The van der Waals surface area contributed by atoms with Crippen LogP contribution in [0.1, 0.15) is 25.7 Å². The molecule has 2 heterocycles. The Bertz CT molecular complexity index is 601. The molecule has 4 unspecified atom stereocenters. The van der Waals surface area contributed by atoms with E-state index in [9.17, 15) is 19.2 Å². The van der Waals surface area contributed by atoms with Gasteiger partial charge in [0, 0.05) is 41.3 Å². The van der Waals surface area contributed by atoms with E-state index in [1.165, 1.54) is 9.80 Å². The van der Waals surface area contributed by atoms with E-state index in [2.05, 4.69) is 10.6 Å². The maximum atomic E-state index is 11.9. The van der Waals surface area contributed by atoms with Gasteiger partial charge in [-0.05, 0) is 25.7 Å². The molecular formula is C20H34N4O7. The lowest BCUT2D eigenvalue weighted by atomic mass is 10.2. The van der Waals surface area contributed by atoms with Crippen LogP contribution in [-0.2, 0) is 33.4 Å². The number of ether oxygens (including phenoxy) is 3. The van der Waals surface area contributed by atoms with Gasteiger partial charge in [0.1, 0.15) is 25.4 Å². The molecule has 0 aromatic heterocycles. The van der Waals surface area contributed by atoms with Crippen LogP contribution in [0.5, 0.6) is 0 Å². The number of nitrogens with zero attached hydrogens (tertiary/aromatic N) is 2. The highest BCUT2D eigenvalue weighted by molar-refractivity contribution is 5.81. The highest BCUT2D eigenvalue weighted by Crippen LogP contribution is 2.21. The minimum atomic E-state index is -0.461. The van der Waals surface area contributed by atoms with Gasteiger partial charge in [-0.15, -0.1) is 0 Å². The number of hydrogen-bond acceptors (Lipinski definition) is 7. The quantitative estimate of drug-likeness (QED) is 0.422. The Labute approximate surface area is 182 Å². The Morgan fingerprint density at radius 1 is 0.742 bits per heavy atom. The van der Waals surface area contributed by atoms with E-state index in [0.717, 1.165) is 0 Å². The summed E-state index contributed by atoms with van der Waals surface area (Å²) in [6.07, 6.45) is 1.29. The Hall–Kier alpha value is -2.24. The standard InChI is InChI=1S/C20H34N4O7/c1-23(2)19(27)15-7-5-13(30-15)9-21-17(25)11-29-12-18(26)22-10-14-6-8-16(31-14)20(28)24(3)4/h13-16H,5-12H2,1-4H3,(H,21,25)(H,22,26). The molecule has 0 bridgehead atoms. The molecule has 0 radical (unpaired) electrons. The van der Waals surface area contributed by atoms with Gasteiger partial charge in [-0.2, -0.15) is 0 Å². The summed E-state index contributed by atoms with van der Waals surface area (Å²) < 4.78 is 16.4.